The number of hydrogen-bond donors (Lipinski definition) is 1. The number of thiophene rings is 1. The topological polar surface area (TPSA) is 63.4 Å². The van der Waals surface area contributed by atoms with Gasteiger partial charge in [0.2, 0.25) is 0 Å². The van der Waals surface area contributed by atoms with E-state index in [0.29, 0.717) is 21.5 Å². The van der Waals surface area contributed by atoms with Gasteiger partial charge in [-0.3, -0.25) is 0 Å². The lowest BCUT2D eigenvalue weighted by Gasteiger charge is -2.15. The minimum atomic E-state index is -3.37. The lowest BCUT2D eigenvalue weighted by Crippen LogP contribution is -2.28. The van der Waals surface area contributed by atoms with Gasteiger partial charge in [-0.15, -0.1) is 11.3 Å². The Morgan fingerprint density at radius 2 is 2.24 bits per heavy atom. The summed E-state index contributed by atoms with van der Waals surface area (Å²) in [6, 6.07) is 3.22. The normalized spacial score (nSPS) is 16.4. The smallest absolute Gasteiger partial charge is 0.252 e. The van der Waals surface area contributed by atoms with Gasteiger partial charge in [-0.05, 0) is 30.9 Å². The third-order valence-corrected chi connectivity index (χ3v) is 6.46. The van der Waals surface area contributed by atoms with E-state index < -0.39 is 10.0 Å². The van der Waals surface area contributed by atoms with Gasteiger partial charge in [0.05, 0.1) is 4.88 Å². The molecule has 0 bridgehead atoms. The van der Waals surface area contributed by atoms with Crippen LogP contribution in [-0.4, -0.2) is 31.3 Å². The summed E-state index contributed by atoms with van der Waals surface area (Å²) >= 11 is 5.95. The Balaban J connectivity index is 2.20. The van der Waals surface area contributed by atoms with Crippen molar-refractivity contribution in [2.45, 2.75) is 17.1 Å². The summed E-state index contributed by atoms with van der Waals surface area (Å²) in [6.07, 6.45) is 2.25. The molecule has 1 aliphatic carbocycles. The van der Waals surface area contributed by atoms with Crippen LogP contribution in [0.15, 0.2) is 16.3 Å². The van der Waals surface area contributed by atoms with Gasteiger partial charge in [0, 0.05) is 13.6 Å². The second-order valence-corrected chi connectivity index (χ2v) is 8.01. The van der Waals surface area contributed by atoms with E-state index in [1.807, 2.05) is 0 Å². The molecule has 94 valence electrons. The number of sulfonamides is 1. The van der Waals surface area contributed by atoms with Crippen molar-refractivity contribution < 1.29 is 8.42 Å². The summed E-state index contributed by atoms with van der Waals surface area (Å²) < 4.78 is 26.1. The Labute approximate surface area is 110 Å². The van der Waals surface area contributed by atoms with E-state index in [0.717, 1.165) is 24.2 Å². The maximum Gasteiger partial charge on any atom is 0.252 e. The van der Waals surface area contributed by atoms with Crippen LogP contribution in [0.3, 0.4) is 0 Å². The molecule has 1 heterocycles. The maximum absolute atomic E-state index is 12.2. The first-order chi connectivity index (χ1) is 7.91. The van der Waals surface area contributed by atoms with E-state index in [4.69, 9.17) is 18.0 Å². The Morgan fingerprint density at radius 3 is 2.71 bits per heavy atom. The predicted molar refractivity (Wildman–Crippen MR) is 72.7 cm³/mol. The summed E-state index contributed by atoms with van der Waals surface area (Å²) in [5, 5.41) is 0. The van der Waals surface area contributed by atoms with Crippen molar-refractivity contribution in [1.29, 1.82) is 0 Å². The fraction of sp³-hybridized carbons (Fsp3) is 0.500. The van der Waals surface area contributed by atoms with E-state index in [1.54, 1.807) is 19.2 Å². The average molecular weight is 290 g/mol. The van der Waals surface area contributed by atoms with E-state index >= 15 is 0 Å². The Morgan fingerprint density at radius 1 is 1.59 bits per heavy atom. The molecule has 0 aromatic carbocycles. The number of nitrogens with zero attached hydrogens (tertiary/aromatic N) is 1. The van der Waals surface area contributed by atoms with Gasteiger partial charge in [-0.25, -0.2) is 8.42 Å². The van der Waals surface area contributed by atoms with Gasteiger partial charge in [0.25, 0.3) is 10.0 Å². The number of thiocarbonyl (C=S) groups is 1. The van der Waals surface area contributed by atoms with Crippen LogP contribution in [0.5, 0.6) is 0 Å². The fourth-order valence-corrected chi connectivity index (χ4v) is 4.32. The number of rotatable bonds is 5. The molecule has 0 unspecified atom stereocenters. The van der Waals surface area contributed by atoms with Crippen molar-refractivity contribution in [3.63, 3.8) is 0 Å². The van der Waals surface area contributed by atoms with E-state index in [2.05, 4.69) is 0 Å². The largest absolute Gasteiger partial charge is 0.389 e. The first kappa shape index (κ1) is 12.9. The summed E-state index contributed by atoms with van der Waals surface area (Å²) in [5.41, 5.74) is 5.47. The zero-order valence-corrected chi connectivity index (χ0v) is 11.9. The van der Waals surface area contributed by atoms with Crippen LogP contribution in [0, 0.1) is 5.92 Å². The first-order valence-electron chi connectivity index (χ1n) is 5.27. The van der Waals surface area contributed by atoms with E-state index in [9.17, 15) is 8.42 Å². The van der Waals surface area contributed by atoms with Gasteiger partial charge < -0.3 is 5.73 Å². The highest BCUT2D eigenvalue weighted by molar-refractivity contribution is 7.91. The van der Waals surface area contributed by atoms with Gasteiger partial charge in [-0.2, -0.15) is 4.31 Å². The molecule has 7 heteroatoms. The molecule has 4 nitrogen and oxygen atoms in total. The predicted octanol–water partition coefficient (Wildman–Crippen LogP) is 1.41. The standard InChI is InChI=1S/C10H14N2O2S3/c1-12(6-7-2-3-7)17(13,14)9-5-4-8(16-9)10(11)15/h4-5,7H,2-3,6H2,1H3,(H2,11,15). The van der Waals surface area contributed by atoms with E-state index in [-0.39, 0.29) is 4.99 Å². The van der Waals surface area contributed by atoms with Crippen LogP contribution in [0.4, 0.5) is 0 Å². The average Bonchev–Trinajstić information content (AvgIpc) is 2.91. The van der Waals surface area contributed by atoms with E-state index in [1.165, 1.54) is 4.31 Å². The Kier molecular flexibility index (Phi) is 3.53. The second-order valence-electron chi connectivity index (χ2n) is 4.21. The van der Waals surface area contributed by atoms with Crippen molar-refractivity contribution in [3.05, 3.63) is 17.0 Å². The summed E-state index contributed by atoms with van der Waals surface area (Å²) in [5.74, 6) is 0.532. The highest BCUT2D eigenvalue weighted by atomic mass is 32.2. The van der Waals surface area contributed by atoms with Crippen LogP contribution >= 0.6 is 23.6 Å². The van der Waals surface area contributed by atoms with Crippen molar-refractivity contribution in [1.82, 2.24) is 4.31 Å². The summed E-state index contributed by atoms with van der Waals surface area (Å²) in [6.45, 7) is 0.600. The third kappa shape index (κ3) is 2.85. The molecule has 0 aliphatic heterocycles. The van der Waals surface area contributed by atoms with Gasteiger partial charge in [0.15, 0.2) is 0 Å². The van der Waals surface area contributed by atoms with Crippen LogP contribution in [0.1, 0.15) is 17.7 Å². The second kappa shape index (κ2) is 4.64. The molecule has 1 fully saturated rings. The molecule has 0 radical (unpaired) electrons. The molecule has 17 heavy (non-hydrogen) atoms. The molecule has 1 aromatic rings. The molecular formula is C10H14N2O2S3. The Bertz CT molecular complexity index is 532. The first-order valence-corrected chi connectivity index (χ1v) is 7.93. The number of nitrogens with two attached hydrogens (primary N) is 1. The van der Waals surface area contributed by atoms with Crippen LogP contribution in [-0.2, 0) is 10.0 Å². The molecule has 1 aromatic heterocycles. The lowest BCUT2D eigenvalue weighted by molar-refractivity contribution is 0.454. The molecule has 0 spiro atoms. The van der Waals surface area contributed by atoms with Crippen molar-refractivity contribution in [2.75, 3.05) is 13.6 Å². The zero-order chi connectivity index (χ0) is 12.6. The Hall–Kier alpha value is -0.500. The lowest BCUT2D eigenvalue weighted by atomic mass is 10.4. The summed E-state index contributed by atoms with van der Waals surface area (Å²) in [7, 11) is -1.75. The SMILES string of the molecule is CN(CC1CC1)S(=O)(=O)c1ccc(C(N)=S)s1. The van der Waals surface area contributed by atoms with Gasteiger partial charge in [-0.1, -0.05) is 12.2 Å². The molecule has 0 atom stereocenters. The fourth-order valence-electron chi connectivity index (χ4n) is 1.51. The minimum absolute atomic E-state index is 0.237. The van der Waals surface area contributed by atoms with Gasteiger partial charge in [0.1, 0.15) is 9.20 Å². The van der Waals surface area contributed by atoms with Crippen molar-refractivity contribution >= 4 is 38.6 Å². The van der Waals surface area contributed by atoms with Crippen LogP contribution in [0.25, 0.3) is 0 Å². The van der Waals surface area contributed by atoms with Gasteiger partial charge >= 0.3 is 0 Å². The zero-order valence-electron chi connectivity index (χ0n) is 9.42. The molecule has 2 rings (SSSR count). The molecule has 2 N–H and O–H groups in total. The maximum atomic E-state index is 12.2. The molecule has 1 saturated carbocycles. The minimum Gasteiger partial charge on any atom is -0.389 e. The summed E-state index contributed by atoms with van der Waals surface area (Å²) in [4.78, 5) is 0.875. The highest BCUT2D eigenvalue weighted by Gasteiger charge is 2.30. The van der Waals surface area contributed by atoms with Crippen molar-refractivity contribution in [2.24, 2.45) is 11.7 Å². The van der Waals surface area contributed by atoms with Crippen LogP contribution in [0.2, 0.25) is 0 Å². The molecule has 0 amide bonds. The van der Waals surface area contributed by atoms with Crippen LogP contribution < -0.4 is 5.73 Å². The third-order valence-electron chi connectivity index (χ3n) is 2.70. The molecule has 1 aliphatic rings. The highest BCUT2D eigenvalue weighted by Crippen LogP contribution is 2.32. The quantitative estimate of drug-likeness (QED) is 0.833. The monoisotopic (exact) mass is 290 g/mol. The molecule has 0 saturated heterocycles. The number of hydrogen-bond acceptors (Lipinski definition) is 4. The molecular weight excluding hydrogens is 276 g/mol. The van der Waals surface area contributed by atoms with Crippen molar-refractivity contribution in [3.8, 4) is 0 Å².